The lowest BCUT2D eigenvalue weighted by Gasteiger charge is -2.60. The fourth-order valence-corrected chi connectivity index (χ4v) is 7.40. The van der Waals surface area contributed by atoms with Crippen LogP contribution in [0.1, 0.15) is 43.5 Å². The van der Waals surface area contributed by atoms with Gasteiger partial charge < -0.3 is 10.5 Å². The maximum absolute atomic E-state index is 12.6. The number of anilines is 1. The topological polar surface area (TPSA) is 65.2 Å². The molecule has 2 N–H and O–H groups in total. The Labute approximate surface area is 157 Å². The van der Waals surface area contributed by atoms with Crippen molar-refractivity contribution in [2.45, 2.75) is 43.9 Å². The van der Waals surface area contributed by atoms with Crippen molar-refractivity contribution in [1.29, 1.82) is 0 Å². The fraction of sp³-hybridized carbons (Fsp3) is 0.524. The van der Waals surface area contributed by atoms with Crippen LogP contribution in [0.3, 0.4) is 0 Å². The minimum absolute atomic E-state index is 0.00582. The highest BCUT2D eigenvalue weighted by Gasteiger charge is 2.62. The molecule has 2 aromatic rings. The van der Waals surface area contributed by atoms with Gasteiger partial charge in [0.05, 0.1) is 22.4 Å². The predicted molar refractivity (Wildman–Crippen MR) is 103 cm³/mol. The zero-order valence-electron chi connectivity index (χ0n) is 15.0. The van der Waals surface area contributed by atoms with Gasteiger partial charge >= 0.3 is 5.97 Å². The Morgan fingerprint density at radius 3 is 2.54 bits per heavy atom. The van der Waals surface area contributed by atoms with Crippen molar-refractivity contribution in [3.8, 4) is 10.4 Å². The van der Waals surface area contributed by atoms with Crippen LogP contribution >= 0.6 is 11.3 Å². The molecule has 4 aliphatic rings. The Kier molecular flexibility index (Phi) is 3.48. The van der Waals surface area contributed by atoms with Crippen LogP contribution in [0.2, 0.25) is 0 Å². The Balaban J connectivity index is 1.52. The van der Waals surface area contributed by atoms with Gasteiger partial charge in [0.15, 0.2) is 0 Å². The van der Waals surface area contributed by atoms with E-state index in [2.05, 4.69) is 12.1 Å². The number of esters is 1. The van der Waals surface area contributed by atoms with E-state index in [1.807, 2.05) is 18.3 Å². The average molecular weight is 369 g/mol. The molecule has 0 spiro atoms. The highest BCUT2D eigenvalue weighted by atomic mass is 32.1. The minimum Gasteiger partial charge on any atom is -0.469 e. The molecule has 4 saturated carbocycles. The number of carbonyl (C=O) groups excluding carboxylic acids is 1. The van der Waals surface area contributed by atoms with E-state index in [-0.39, 0.29) is 16.8 Å². The number of benzene rings is 1. The summed E-state index contributed by atoms with van der Waals surface area (Å²) in [6.07, 6.45) is 8.55. The predicted octanol–water partition coefficient (Wildman–Crippen LogP) is 4.40. The summed E-state index contributed by atoms with van der Waals surface area (Å²) in [4.78, 5) is 18.7. The average Bonchev–Trinajstić information content (AvgIpc) is 3.11. The van der Waals surface area contributed by atoms with Crippen molar-refractivity contribution in [2.75, 3.05) is 12.8 Å². The molecule has 4 aliphatic carbocycles. The molecule has 136 valence electrons. The van der Waals surface area contributed by atoms with Gasteiger partial charge in [-0.05, 0) is 68.1 Å². The van der Waals surface area contributed by atoms with Crippen molar-refractivity contribution in [3.63, 3.8) is 0 Å². The molecule has 26 heavy (non-hydrogen) atoms. The molecule has 6 rings (SSSR count). The van der Waals surface area contributed by atoms with Crippen LogP contribution in [0.4, 0.5) is 5.69 Å². The van der Waals surface area contributed by atoms with E-state index in [1.54, 1.807) is 11.3 Å². The Bertz CT molecular complexity index is 843. The zero-order valence-corrected chi connectivity index (χ0v) is 15.8. The molecule has 0 amide bonds. The van der Waals surface area contributed by atoms with Crippen molar-refractivity contribution in [3.05, 3.63) is 35.5 Å². The van der Waals surface area contributed by atoms with Gasteiger partial charge in [0, 0.05) is 17.3 Å². The molecular formula is C21H24N2O2S. The second-order valence-electron chi connectivity index (χ2n) is 8.66. The summed E-state index contributed by atoms with van der Waals surface area (Å²) < 4.78 is 5.23. The van der Waals surface area contributed by atoms with Crippen LogP contribution in [0.5, 0.6) is 0 Å². The second-order valence-corrected chi connectivity index (χ2v) is 9.70. The van der Waals surface area contributed by atoms with Gasteiger partial charge in [-0.2, -0.15) is 0 Å². The fourth-order valence-electron chi connectivity index (χ4n) is 6.27. The molecule has 0 saturated heterocycles. The third kappa shape index (κ3) is 2.33. The number of hydrogen-bond donors (Lipinski definition) is 1. The summed E-state index contributed by atoms with van der Waals surface area (Å²) in [5.74, 6) is 1.28. The van der Waals surface area contributed by atoms with Crippen LogP contribution in [0.25, 0.3) is 10.4 Å². The highest BCUT2D eigenvalue weighted by molar-refractivity contribution is 7.15. The van der Waals surface area contributed by atoms with E-state index in [1.165, 1.54) is 36.3 Å². The molecule has 4 nitrogen and oxygen atoms in total. The van der Waals surface area contributed by atoms with Crippen molar-refractivity contribution >= 4 is 23.0 Å². The largest absolute Gasteiger partial charge is 0.469 e. The lowest BCUT2D eigenvalue weighted by atomic mass is 9.44. The number of nitrogens with two attached hydrogens (primary N) is 1. The maximum atomic E-state index is 12.6. The van der Waals surface area contributed by atoms with Gasteiger partial charge in [0.2, 0.25) is 0 Å². The number of nitrogens with zero attached hydrogens (tertiary/aromatic N) is 1. The van der Waals surface area contributed by atoms with E-state index in [4.69, 9.17) is 15.5 Å². The van der Waals surface area contributed by atoms with Crippen LogP contribution in [0, 0.1) is 17.3 Å². The summed E-state index contributed by atoms with van der Waals surface area (Å²) >= 11 is 1.79. The third-order valence-electron chi connectivity index (χ3n) is 6.83. The van der Waals surface area contributed by atoms with Crippen LogP contribution in [-0.2, 0) is 14.9 Å². The molecule has 2 unspecified atom stereocenters. The quantitative estimate of drug-likeness (QED) is 0.644. The number of ether oxygens (including phenoxy) is 1. The molecule has 1 aromatic heterocycles. The molecule has 1 aromatic carbocycles. The first-order valence-corrected chi connectivity index (χ1v) is 10.2. The Morgan fingerprint density at radius 1 is 1.19 bits per heavy atom. The smallest absolute Gasteiger partial charge is 0.311 e. The summed E-state index contributed by atoms with van der Waals surface area (Å²) in [5, 5.41) is 1.21. The van der Waals surface area contributed by atoms with Gasteiger partial charge in [0.1, 0.15) is 0 Å². The second kappa shape index (κ2) is 5.56. The number of rotatable bonds is 3. The van der Waals surface area contributed by atoms with Crippen molar-refractivity contribution in [1.82, 2.24) is 4.98 Å². The van der Waals surface area contributed by atoms with E-state index in [0.29, 0.717) is 11.8 Å². The highest BCUT2D eigenvalue weighted by Crippen LogP contribution is 2.66. The molecule has 0 aliphatic heterocycles. The molecule has 4 fully saturated rings. The molecule has 4 bridgehead atoms. The molecule has 1 heterocycles. The number of nitrogen functional groups attached to an aromatic ring is 1. The van der Waals surface area contributed by atoms with Gasteiger partial charge in [0.25, 0.3) is 0 Å². The van der Waals surface area contributed by atoms with Gasteiger partial charge in [-0.25, -0.2) is 4.98 Å². The summed E-state index contributed by atoms with van der Waals surface area (Å²) in [7, 11) is 1.54. The normalized spacial score (nSPS) is 34.8. The molecule has 2 atom stereocenters. The number of carbonyl (C=O) groups is 1. The monoisotopic (exact) mass is 368 g/mol. The number of methoxy groups -OCH3 is 1. The zero-order chi connectivity index (χ0) is 17.9. The molecular weight excluding hydrogens is 344 g/mol. The first-order valence-electron chi connectivity index (χ1n) is 9.43. The lowest BCUT2D eigenvalue weighted by molar-refractivity contribution is -0.171. The number of thiazole rings is 1. The number of aromatic nitrogens is 1. The van der Waals surface area contributed by atoms with Crippen LogP contribution in [0.15, 0.2) is 30.5 Å². The Morgan fingerprint density at radius 2 is 1.88 bits per heavy atom. The van der Waals surface area contributed by atoms with Crippen molar-refractivity contribution in [2.24, 2.45) is 17.3 Å². The van der Waals surface area contributed by atoms with Gasteiger partial charge in [-0.3, -0.25) is 4.79 Å². The first kappa shape index (κ1) is 16.3. The summed E-state index contributed by atoms with van der Waals surface area (Å²) in [5.41, 5.74) is 7.54. The molecule has 5 heteroatoms. The minimum atomic E-state index is -0.272. The maximum Gasteiger partial charge on any atom is 0.311 e. The number of hydrogen-bond acceptors (Lipinski definition) is 5. The van der Waals surface area contributed by atoms with Crippen LogP contribution in [-0.4, -0.2) is 18.1 Å². The standard InChI is InChI=1S/C21H24N2O2S/c1-25-19(24)21-9-13-6-14(10-21)8-20(7-13,12-21)18-23-11-17(26-18)15-2-4-16(22)5-3-15/h2-5,11,13-14H,6-10,12,22H2,1H3. The van der Waals surface area contributed by atoms with E-state index in [0.717, 1.165) is 30.5 Å². The Hall–Kier alpha value is -1.88. The third-order valence-corrected chi connectivity index (χ3v) is 8.13. The first-order chi connectivity index (χ1) is 12.5. The van der Waals surface area contributed by atoms with Gasteiger partial charge in [-0.1, -0.05) is 12.1 Å². The van der Waals surface area contributed by atoms with E-state index in [9.17, 15) is 4.79 Å². The SMILES string of the molecule is COC(=O)C12CC3CC(C1)CC(c1ncc(-c4ccc(N)cc4)s1)(C3)C2. The van der Waals surface area contributed by atoms with E-state index >= 15 is 0 Å². The van der Waals surface area contributed by atoms with E-state index < -0.39 is 0 Å². The lowest BCUT2D eigenvalue weighted by Crippen LogP contribution is -2.57. The van der Waals surface area contributed by atoms with Crippen molar-refractivity contribution < 1.29 is 9.53 Å². The van der Waals surface area contributed by atoms with Gasteiger partial charge in [-0.15, -0.1) is 11.3 Å². The summed E-state index contributed by atoms with van der Waals surface area (Å²) in [6, 6.07) is 7.99. The summed E-state index contributed by atoms with van der Waals surface area (Å²) in [6.45, 7) is 0. The molecule has 0 radical (unpaired) electrons. The van der Waals surface area contributed by atoms with Crippen LogP contribution < -0.4 is 5.73 Å².